The maximum absolute atomic E-state index is 5.26. The zero-order valence-corrected chi connectivity index (χ0v) is 5.58. The van der Waals surface area contributed by atoms with Crippen molar-refractivity contribution in [1.82, 2.24) is 0 Å². The molecule has 0 bridgehead atoms. The Hall–Kier alpha value is 0.470. The third kappa shape index (κ3) is 6.47. The van der Waals surface area contributed by atoms with Crippen molar-refractivity contribution in [3.8, 4) is 0 Å². The van der Waals surface area contributed by atoms with E-state index >= 15 is 0 Å². The highest BCUT2D eigenvalue weighted by Gasteiger charge is 1.99. The van der Waals surface area contributed by atoms with Crippen LogP contribution in [-0.2, 0) is 9.56 Å². The summed E-state index contributed by atoms with van der Waals surface area (Å²) in [6.07, 6.45) is 3.27. The Balaban J connectivity index is 3.36. The number of halogens is 1. The van der Waals surface area contributed by atoms with E-state index in [2.05, 4.69) is 15.9 Å². The van der Waals surface area contributed by atoms with Gasteiger partial charge in [0.2, 0.25) is 0 Å². The van der Waals surface area contributed by atoms with Crippen LogP contribution < -0.4 is 5.50 Å². The second-order valence-electron chi connectivity index (χ2n) is 0.944. The molecule has 2 N–H and O–H groups in total. The number of hydrogen-bond donors (Lipinski definition) is 1. The molecule has 0 fully saturated rings. The minimum atomic E-state index is -2.42. The van der Waals surface area contributed by atoms with Gasteiger partial charge in [0.15, 0.2) is 6.62 Å². The van der Waals surface area contributed by atoms with Crippen LogP contribution in [0.5, 0.6) is 0 Å². The average molecular weight is 144 g/mol. The lowest BCUT2D eigenvalue weighted by Crippen LogP contribution is -1.91. The second-order valence-corrected chi connectivity index (χ2v) is 4.22. The normalized spacial score (nSPS) is 18.7. The van der Waals surface area contributed by atoms with E-state index in [-0.39, 0.29) is 0 Å². The summed E-state index contributed by atoms with van der Waals surface area (Å²) in [5, 5.41) is 0. The molecule has 7 heavy (non-hydrogen) atoms. The van der Waals surface area contributed by atoms with Gasteiger partial charge in [0.05, 0.1) is 7.11 Å². The summed E-state index contributed by atoms with van der Waals surface area (Å²) < 4.78 is 4.27. The van der Waals surface area contributed by atoms with Crippen molar-refractivity contribution in [1.29, 1.82) is 0 Å². The summed E-state index contributed by atoms with van der Waals surface area (Å²) in [6, 6.07) is 0. The molecule has 5 heteroatoms. The van der Waals surface area contributed by atoms with Gasteiger partial charge in [-0.3, -0.25) is 5.50 Å². The van der Waals surface area contributed by atoms with Gasteiger partial charge in [0, 0.05) is 0 Å². The van der Waals surface area contributed by atoms with Crippen LogP contribution >= 0.6 is 17.9 Å². The highest BCUT2D eigenvalue weighted by molar-refractivity contribution is 7.91. The molecule has 0 amide bonds. The standard InChI is InChI=1S/C2H7ClNO2P/c1-5-6-7(2,3)4/h2,4H2,1H3. The fourth-order valence-corrected chi connectivity index (χ4v) is 0.541. The predicted molar refractivity (Wildman–Crippen MR) is 32.2 cm³/mol. The molecule has 0 rings (SSSR count). The molecule has 0 aromatic carbocycles. The lowest BCUT2D eigenvalue weighted by Gasteiger charge is -2.04. The Morgan fingerprint density at radius 2 is 2.29 bits per heavy atom. The molecule has 44 valence electrons. The van der Waals surface area contributed by atoms with E-state index in [1.165, 1.54) is 7.11 Å². The summed E-state index contributed by atoms with van der Waals surface area (Å²) in [5.74, 6) is 0. The van der Waals surface area contributed by atoms with Crippen molar-refractivity contribution in [2.24, 2.45) is 5.50 Å². The molecular formula is C2H7ClNO2P. The number of rotatable bonds is 2. The molecule has 0 aliphatic rings. The molecule has 3 nitrogen and oxygen atoms in total. The van der Waals surface area contributed by atoms with Gasteiger partial charge in [-0.25, -0.2) is 4.89 Å². The van der Waals surface area contributed by atoms with Gasteiger partial charge in [-0.1, -0.05) is 0 Å². The molecule has 0 aromatic rings. The van der Waals surface area contributed by atoms with Gasteiger partial charge in [0.25, 0.3) is 0 Å². The third-order valence-electron chi connectivity index (χ3n) is 0.198. The van der Waals surface area contributed by atoms with E-state index in [1.54, 1.807) is 0 Å². The fraction of sp³-hybridized carbons (Fsp3) is 0.500. The minimum absolute atomic E-state index is 1.33. The van der Waals surface area contributed by atoms with Crippen LogP contribution in [0.4, 0.5) is 0 Å². The molecule has 0 aromatic heterocycles. The van der Waals surface area contributed by atoms with Crippen molar-refractivity contribution in [2.45, 2.75) is 0 Å². The molecule has 1 unspecified atom stereocenters. The largest absolute Gasteiger partial charge is 0.276 e. The van der Waals surface area contributed by atoms with E-state index in [4.69, 9.17) is 16.7 Å². The third-order valence-corrected chi connectivity index (χ3v) is 0.764. The highest BCUT2D eigenvalue weighted by atomic mass is 35.7. The van der Waals surface area contributed by atoms with Crippen molar-refractivity contribution < 1.29 is 9.56 Å². The summed E-state index contributed by atoms with van der Waals surface area (Å²) >= 11 is 5.26. The molecule has 0 spiro atoms. The first kappa shape index (κ1) is 7.47. The van der Waals surface area contributed by atoms with Crippen LogP contribution in [0.15, 0.2) is 0 Å². The Morgan fingerprint density at radius 3 is 2.29 bits per heavy atom. The summed E-state index contributed by atoms with van der Waals surface area (Å²) in [5.41, 5.74) is 5.06. The van der Waals surface area contributed by atoms with Crippen LogP contribution in [0.3, 0.4) is 0 Å². The van der Waals surface area contributed by atoms with Crippen LogP contribution in [0, 0.1) is 0 Å². The van der Waals surface area contributed by atoms with E-state index in [0.717, 1.165) is 0 Å². The van der Waals surface area contributed by atoms with Gasteiger partial charge >= 0.3 is 0 Å². The first-order valence-corrected chi connectivity index (χ1v) is 4.37. The molecule has 0 saturated heterocycles. The van der Waals surface area contributed by atoms with E-state index in [9.17, 15) is 0 Å². The summed E-state index contributed by atoms with van der Waals surface area (Å²) in [4.78, 5) is 4.14. The van der Waals surface area contributed by atoms with Crippen LogP contribution in [0.25, 0.3) is 0 Å². The number of hydrogen-bond acceptors (Lipinski definition) is 3. The zero-order chi connectivity index (χ0) is 5.91. The minimum Gasteiger partial charge on any atom is -0.276 e. The Kier molecular flexibility index (Phi) is 2.88. The predicted octanol–water partition coefficient (Wildman–Crippen LogP) is 0.957. The van der Waals surface area contributed by atoms with Gasteiger partial charge in [-0.2, -0.15) is 4.67 Å². The SMILES string of the molecule is C=P(N)(Cl)OOC. The van der Waals surface area contributed by atoms with Gasteiger partial charge in [-0.05, 0) is 17.5 Å². The fourth-order valence-electron chi connectivity index (χ4n) is 0.124. The zero-order valence-electron chi connectivity index (χ0n) is 3.93. The van der Waals surface area contributed by atoms with Gasteiger partial charge in [-0.15, -0.1) is 0 Å². The lowest BCUT2D eigenvalue weighted by molar-refractivity contribution is -0.168. The quantitative estimate of drug-likeness (QED) is 0.356. The Morgan fingerprint density at radius 1 is 1.86 bits per heavy atom. The number of nitrogens with two attached hydrogens (primary N) is 1. The van der Waals surface area contributed by atoms with E-state index in [1.807, 2.05) is 0 Å². The first-order valence-electron chi connectivity index (χ1n) is 1.50. The molecule has 0 aliphatic heterocycles. The Bertz CT molecular complexity index is 89.7. The van der Waals surface area contributed by atoms with Crippen LogP contribution in [0.1, 0.15) is 0 Å². The topological polar surface area (TPSA) is 44.5 Å². The second kappa shape index (κ2) is 2.70. The summed E-state index contributed by atoms with van der Waals surface area (Å²) in [7, 11) is 1.33. The smallest absolute Gasteiger partial charge is 0.181 e. The molecule has 0 radical (unpaired) electrons. The van der Waals surface area contributed by atoms with Crippen molar-refractivity contribution in [3.05, 3.63) is 0 Å². The van der Waals surface area contributed by atoms with E-state index in [0.29, 0.717) is 0 Å². The van der Waals surface area contributed by atoms with Crippen molar-refractivity contribution >= 4 is 24.2 Å². The van der Waals surface area contributed by atoms with Gasteiger partial charge in [0.1, 0.15) is 0 Å². The van der Waals surface area contributed by atoms with Crippen molar-refractivity contribution in [2.75, 3.05) is 7.11 Å². The summed E-state index contributed by atoms with van der Waals surface area (Å²) in [6.45, 7) is -2.42. The maximum atomic E-state index is 5.26. The van der Waals surface area contributed by atoms with Gasteiger partial charge < -0.3 is 0 Å². The first-order chi connectivity index (χ1) is 3.06. The molecule has 0 heterocycles. The maximum Gasteiger partial charge on any atom is 0.181 e. The molecular weight excluding hydrogens is 136 g/mol. The van der Waals surface area contributed by atoms with Crippen LogP contribution in [-0.4, -0.2) is 13.4 Å². The van der Waals surface area contributed by atoms with Crippen LogP contribution in [0.2, 0.25) is 0 Å². The molecule has 1 atom stereocenters. The molecule has 0 saturated carbocycles. The van der Waals surface area contributed by atoms with Crippen molar-refractivity contribution in [3.63, 3.8) is 0 Å². The highest BCUT2D eigenvalue weighted by Crippen LogP contribution is 2.42. The van der Waals surface area contributed by atoms with E-state index < -0.39 is 6.62 Å². The molecule has 0 aliphatic carbocycles. The average Bonchev–Trinajstić information content (AvgIpc) is 1.30. The Labute approximate surface area is 47.2 Å². The lowest BCUT2D eigenvalue weighted by atomic mass is 11.8. The monoisotopic (exact) mass is 143 g/mol.